The van der Waals surface area contributed by atoms with Gasteiger partial charge in [-0.1, -0.05) is 115 Å². The lowest BCUT2D eigenvalue weighted by atomic mass is 9.72. The van der Waals surface area contributed by atoms with E-state index in [1.807, 2.05) is 0 Å². The first kappa shape index (κ1) is 30.0. The summed E-state index contributed by atoms with van der Waals surface area (Å²) < 4.78 is 0. The van der Waals surface area contributed by atoms with Crippen molar-refractivity contribution in [2.24, 2.45) is 33.0 Å². The van der Waals surface area contributed by atoms with Crippen LogP contribution < -0.4 is 0 Å². The van der Waals surface area contributed by atoms with Gasteiger partial charge in [-0.05, 0) is 90.8 Å². The number of rotatable bonds is 0. The summed E-state index contributed by atoms with van der Waals surface area (Å²) in [7, 11) is 0. The monoisotopic (exact) mass is 449 g/mol. The zero-order chi connectivity index (χ0) is 24.7. The van der Waals surface area contributed by atoms with Crippen LogP contribution in [0.3, 0.4) is 0 Å². The molecule has 0 aliphatic heterocycles. The van der Waals surface area contributed by atoms with E-state index in [1.165, 1.54) is 96.3 Å². The maximum absolute atomic E-state index is 2.38. The van der Waals surface area contributed by atoms with Gasteiger partial charge in [0.25, 0.3) is 0 Å². The van der Waals surface area contributed by atoms with Gasteiger partial charge in [0, 0.05) is 0 Å². The zero-order valence-corrected chi connectivity index (χ0v) is 24.7. The number of hydrogen-bond donors (Lipinski definition) is 0. The molecule has 0 amide bonds. The lowest BCUT2D eigenvalue weighted by Gasteiger charge is -2.33. The van der Waals surface area contributed by atoms with Crippen LogP contribution in [0.25, 0.3) is 0 Å². The second-order valence-corrected chi connectivity index (χ2v) is 15.9. The highest BCUT2D eigenvalue weighted by Crippen LogP contribution is 2.50. The first-order valence-electron chi connectivity index (χ1n) is 14.5. The van der Waals surface area contributed by atoms with Crippen LogP contribution in [0, 0.1) is 33.0 Å². The van der Waals surface area contributed by atoms with Gasteiger partial charge in [-0.3, -0.25) is 0 Å². The molecule has 0 aromatic heterocycles. The summed E-state index contributed by atoms with van der Waals surface area (Å²) in [6.45, 7) is 25.7. The molecule has 0 aromatic rings. The van der Waals surface area contributed by atoms with E-state index in [-0.39, 0.29) is 0 Å². The molecule has 0 nitrogen and oxygen atoms in total. The molecule has 5 fully saturated rings. The van der Waals surface area contributed by atoms with Crippen molar-refractivity contribution in [1.82, 2.24) is 0 Å². The van der Waals surface area contributed by atoms with Crippen LogP contribution in [0.15, 0.2) is 0 Å². The van der Waals surface area contributed by atoms with Gasteiger partial charge in [-0.25, -0.2) is 0 Å². The summed E-state index contributed by atoms with van der Waals surface area (Å²) in [6, 6.07) is 0. The Kier molecular flexibility index (Phi) is 11.4. The highest BCUT2D eigenvalue weighted by molar-refractivity contribution is 4.91. The molecule has 0 bridgehead atoms. The first-order chi connectivity index (χ1) is 14.5. The highest BCUT2D eigenvalue weighted by Gasteiger charge is 2.41. The van der Waals surface area contributed by atoms with Gasteiger partial charge in [-0.15, -0.1) is 0 Å². The molecule has 0 N–H and O–H groups in total. The van der Waals surface area contributed by atoms with Crippen molar-refractivity contribution in [1.29, 1.82) is 0 Å². The minimum atomic E-state index is 0.679. The minimum Gasteiger partial charge on any atom is -0.0620 e. The molecule has 1 unspecified atom stereocenters. The second-order valence-electron chi connectivity index (χ2n) is 15.9. The van der Waals surface area contributed by atoms with Gasteiger partial charge in [0.2, 0.25) is 0 Å². The van der Waals surface area contributed by atoms with Gasteiger partial charge >= 0.3 is 0 Å². The molecule has 32 heavy (non-hydrogen) atoms. The molecular formula is C32H64. The van der Waals surface area contributed by atoms with E-state index in [4.69, 9.17) is 0 Å². The molecule has 5 aliphatic rings. The normalized spacial score (nSPS) is 30.7. The lowest BCUT2D eigenvalue weighted by molar-refractivity contribution is 0.190. The standard InChI is InChI=1S/C8H16.C7H14.2C6H12.C5H10/c1-8(2)6-4-3-5-7-8;1-7(2)5-3-4-6-7;1-5-4-6(5,2)3;1-6(2)4-3-5-6;1-5(2)3-4-5/h3-7H2,1-2H3;3-6H2,1-2H3;5H,4H2,1-3H3;3-5H2,1-2H3;3-4H2,1-2H3. The minimum absolute atomic E-state index is 0.679. The van der Waals surface area contributed by atoms with Crippen molar-refractivity contribution in [3.63, 3.8) is 0 Å². The largest absolute Gasteiger partial charge is 0.0620 e. The van der Waals surface area contributed by atoms with E-state index < -0.39 is 0 Å². The van der Waals surface area contributed by atoms with Gasteiger partial charge in [0.05, 0.1) is 0 Å². The van der Waals surface area contributed by atoms with Crippen LogP contribution in [0.5, 0.6) is 0 Å². The van der Waals surface area contributed by atoms with Gasteiger partial charge in [0.15, 0.2) is 0 Å². The van der Waals surface area contributed by atoms with Crippen LogP contribution in [0.4, 0.5) is 0 Å². The molecule has 0 saturated heterocycles. The second kappa shape index (κ2) is 12.1. The maximum Gasteiger partial charge on any atom is -0.0326 e. The summed E-state index contributed by atoms with van der Waals surface area (Å²) in [5, 5.41) is 0. The van der Waals surface area contributed by atoms with Crippen molar-refractivity contribution < 1.29 is 0 Å². The Morgan fingerprint density at radius 3 is 0.625 bits per heavy atom. The molecule has 5 saturated carbocycles. The predicted molar refractivity (Wildman–Crippen MR) is 147 cm³/mol. The van der Waals surface area contributed by atoms with Crippen LogP contribution in [-0.2, 0) is 0 Å². The Balaban J connectivity index is 0.000000202. The van der Waals surface area contributed by atoms with E-state index in [9.17, 15) is 0 Å². The van der Waals surface area contributed by atoms with Crippen LogP contribution >= 0.6 is 0 Å². The smallest absolute Gasteiger partial charge is 0.0326 e. The van der Waals surface area contributed by atoms with Gasteiger partial charge in [-0.2, -0.15) is 0 Å². The average molecular weight is 449 g/mol. The molecule has 0 aromatic carbocycles. The Bertz CT molecular complexity index is 481. The van der Waals surface area contributed by atoms with Crippen molar-refractivity contribution in [3.8, 4) is 0 Å². The highest BCUT2D eigenvalue weighted by atomic mass is 14.5. The molecule has 0 spiro atoms. The third-order valence-electron chi connectivity index (χ3n) is 9.13. The van der Waals surface area contributed by atoms with E-state index >= 15 is 0 Å². The summed E-state index contributed by atoms with van der Waals surface area (Å²) in [5.74, 6) is 0.998. The summed E-state index contributed by atoms with van der Waals surface area (Å²) >= 11 is 0. The van der Waals surface area contributed by atoms with E-state index in [0.717, 1.165) is 16.7 Å². The molecule has 192 valence electrons. The van der Waals surface area contributed by atoms with Crippen molar-refractivity contribution in [2.45, 2.75) is 172 Å². The first-order valence-corrected chi connectivity index (χ1v) is 14.5. The number of hydrogen-bond acceptors (Lipinski definition) is 0. The Labute approximate surface area is 205 Å². The third-order valence-corrected chi connectivity index (χ3v) is 9.13. The Morgan fingerprint density at radius 2 is 0.562 bits per heavy atom. The molecule has 0 radical (unpaired) electrons. The fourth-order valence-corrected chi connectivity index (χ4v) is 4.71. The Morgan fingerprint density at radius 1 is 0.375 bits per heavy atom. The summed E-state index contributed by atoms with van der Waals surface area (Å²) in [5.41, 5.74) is 3.55. The van der Waals surface area contributed by atoms with Gasteiger partial charge < -0.3 is 0 Å². The van der Waals surface area contributed by atoms with Crippen molar-refractivity contribution >= 4 is 0 Å². The Hall–Kier alpha value is 0. The third kappa shape index (κ3) is 15.0. The summed E-state index contributed by atoms with van der Waals surface area (Å²) in [4.78, 5) is 0. The quantitative estimate of drug-likeness (QED) is 0.345. The lowest BCUT2D eigenvalue weighted by Crippen LogP contribution is -2.20. The zero-order valence-electron chi connectivity index (χ0n) is 24.7. The van der Waals surface area contributed by atoms with Crippen LogP contribution in [-0.4, -0.2) is 0 Å². The molecular weight excluding hydrogens is 384 g/mol. The fraction of sp³-hybridized carbons (Fsp3) is 1.00. The fourth-order valence-electron chi connectivity index (χ4n) is 4.71. The molecule has 0 heterocycles. The SMILES string of the molecule is CC1(C)CC1.CC1(C)CCC1.CC1(C)CCCC1.CC1(C)CCCCC1.CC1CC1(C)C. The maximum atomic E-state index is 2.38. The van der Waals surface area contributed by atoms with Crippen LogP contribution in [0.1, 0.15) is 172 Å². The molecule has 1 atom stereocenters. The molecule has 0 heteroatoms. The van der Waals surface area contributed by atoms with Crippen LogP contribution in [0.2, 0.25) is 0 Å². The van der Waals surface area contributed by atoms with E-state index in [2.05, 4.69) is 76.2 Å². The van der Waals surface area contributed by atoms with E-state index in [1.54, 1.807) is 0 Å². The van der Waals surface area contributed by atoms with Gasteiger partial charge in [0.1, 0.15) is 0 Å². The molecule has 5 rings (SSSR count). The van der Waals surface area contributed by atoms with Crippen molar-refractivity contribution in [3.05, 3.63) is 0 Å². The average Bonchev–Trinajstić information content (AvgIpc) is 3.40. The molecule has 5 aliphatic carbocycles. The van der Waals surface area contributed by atoms with Crippen molar-refractivity contribution in [2.75, 3.05) is 0 Å². The summed E-state index contributed by atoms with van der Waals surface area (Å²) in [6.07, 6.45) is 21.9. The van der Waals surface area contributed by atoms with E-state index in [0.29, 0.717) is 16.2 Å². The predicted octanol–water partition coefficient (Wildman–Crippen LogP) is 11.6. The topological polar surface area (TPSA) is 0 Å².